The number of nitrogens with zero attached hydrogens (tertiary/aromatic N) is 3. The third-order valence-corrected chi connectivity index (χ3v) is 7.68. The van der Waals surface area contributed by atoms with Crippen LogP contribution in [0.3, 0.4) is 0 Å². The van der Waals surface area contributed by atoms with Gasteiger partial charge in [0.1, 0.15) is 12.4 Å². The Labute approximate surface area is 155 Å². The topological polar surface area (TPSA) is 61.3 Å². The van der Waals surface area contributed by atoms with E-state index in [4.69, 9.17) is 23.8 Å². The summed E-state index contributed by atoms with van der Waals surface area (Å²) in [4.78, 5) is 2.44. The average molecular weight is 408 g/mol. The van der Waals surface area contributed by atoms with E-state index in [9.17, 15) is 8.42 Å². The molecule has 3 rings (SSSR count). The summed E-state index contributed by atoms with van der Waals surface area (Å²) in [5.41, 5.74) is 0. The predicted octanol–water partition coefficient (Wildman–Crippen LogP) is 1.24. The van der Waals surface area contributed by atoms with Gasteiger partial charge in [-0.3, -0.25) is 0 Å². The molecule has 0 aromatic carbocycles. The Kier molecular flexibility index (Phi) is 5.17. The maximum Gasteiger partial charge on any atom is 0.202 e. The minimum absolute atomic E-state index is 0.0561. The van der Waals surface area contributed by atoms with E-state index >= 15 is 0 Å². The first-order valence-corrected chi connectivity index (χ1v) is 11.1. The summed E-state index contributed by atoms with van der Waals surface area (Å²) >= 11 is 13.0. The first kappa shape index (κ1) is 18.1. The summed E-state index contributed by atoms with van der Waals surface area (Å²) in [5.74, 6) is 1.12. The van der Waals surface area contributed by atoms with Gasteiger partial charge >= 0.3 is 0 Å². The van der Waals surface area contributed by atoms with Crippen molar-refractivity contribution in [3.8, 4) is 0 Å². The molecular formula is C14H20ClN4O2S3+. The third kappa shape index (κ3) is 3.91. The third-order valence-electron chi connectivity index (χ3n) is 4.20. The molecule has 1 N–H and O–H groups in total. The standard InChI is InChI=1S/C14H19ClN4O2S3/c1-17(7-11-3-4-12(15)23-11)9-19-14(22)18(2)13(16-19)10-5-6-24(20,21)8-10/h3-4,10H,5-9H2,1-2H3/p+1/t10-/m1/s1. The smallest absolute Gasteiger partial charge is 0.202 e. The Hall–Kier alpha value is -0.740. The summed E-state index contributed by atoms with van der Waals surface area (Å²) in [6, 6.07) is 3.93. The first-order chi connectivity index (χ1) is 11.2. The minimum atomic E-state index is -2.94. The maximum absolute atomic E-state index is 11.7. The van der Waals surface area contributed by atoms with Crippen LogP contribution in [0, 0.1) is 4.77 Å². The Bertz CT molecular complexity index is 900. The molecule has 1 aliphatic heterocycles. The second-order valence-corrected chi connectivity index (χ2v) is 10.7. The van der Waals surface area contributed by atoms with Gasteiger partial charge in [-0.25, -0.2) is 8.42 Å². The largest absolute Gasteiger partial charge is 0.314 e. The van der Waals surface area contributed by atoms with E-state index in [1.807, 2.05) is 23.7 Å². The first-order valence-electron chi connectivity index (χ1n) is 7.65. The van der Waals surface area contributed by atoms with Crippen LogP contribution in [-0.4, -0.2) is 41.3 Å². The molecule has 1 unspecified atom stereocenters. The molecule has 0 amide bonds. The normalized spacial score (nSPS) is 21.2. The summed E-state index contributed by atoms with van der Waals surface area (Å²) in [6.45, 7) is 1.46. The Morgan fingerprint density at radius 2 is 2.25 bits per heavy atom. The molecule has 132 valence electrons. The zero-order chi connectivity index (χ0) is 17.5. The SMILES string of the molecule is Cn1c([C@@H]2CCS(=O)(=O)C2)nn(C[NH+](C)Cc2ccc(Cl)s2)c1=S. The lowest BCUT2D eigenvalue weighted by Gasteiger charge is -2.12. The van der Waals surface area contributed by atoms with Gasteiger partial charge in [-0.05, 0) is 30.8 Å². The minimum Gasteiger partial charge on any atom is -0.314 e. The van der Waals surface area contributed by atoms with Gasteiger partial charge in [0.15, 0.2) is 16.5 Å². The van der Waals surface area contributed by atoms with E-state index in [1.165, 1.54) is 9.78 Å². The van der Waals surface area contributed by atoms with Crippen LogP contribution in [0.5, 0.6) is 0 Å². The van der Waals surface area contributed by atoms with Crippen molar-refractivity contribution < 1.29 is 13.3 Å². The lowest BCUT2D eigenvalue weighted by Crippen LogP contribution is -3.06. The highest BCUT2D eigenvalue weighted by Crippen LogP contribution is 2.27. The van der Waals surface area contributed by atoms with Gasteiger partial charge in [0, 0.05) is 13.0 Å². The van der Waals surface area contributed by atoms with Crippen molar-refractivity contribution in [2.24, 2.45) is 7.05 Å². The van der Waals surface area contributed by atoms with Crippen LogP contribution in [0.1, 0.15) is 23.0 Å². The number of aromatic nitrogens is 3. The molecule has 0 aliphatic carbocycles. The van der Waals surface area contributed by atoms with Gasteiger partial charge in [0.25, 0.3) is 0 Å². The summed E-state index contributed by atoms with van der Waals surface area (Å²) in [6.07, 6.45) is 0.623. The number of nitrogens with one attached hydrogen (secondary N) is 1. The van der Waals surface area contributed by atoms with E-state index < -0.39 is 9.84 Å². The van der Waals surface area contributed by atoms with Crippen molar-refractivity contribution in [2.75, 3.05) is 18.6 Å². The summed E-state index contributed by atoms with van der Waals surface area (Å²) < 4.78 is 28.5. The van der Waals surface area contributed by atoms with E-state index in [1.54, 1.807) is 16.0 Å². The molecule has 0 radical (unpaired) electrons. The van der Waals surface area contributed by atoms with Gasteiger partial charge in [-0.2, -0.15) is 9.78 Å². The number of halogens is 1. The molecule has 1 saturated heterocycles. The van der Waals surface area contributed by atoms with Crippen LogP contribution in [0.4, 0.5) is 0 Å². The number of hydrogen-bond donors (Lipinski definition) is 1. The van der Waals surface area contributed by atoms with Crippen molar-refractivity contribution in [1.82, 2.24) is 14.3 Å². The highest BCUT2D eigenvalue weighted by atomic mass is 35.5. The van der Waals surface area contributed by atoms with Gasteiger partial charge < -0.3 is 9.47 Å². The molecule has 1 fully saturated rings. The van der Waals surface area contributed by atoms with Crippen LogP contribution in [-0.2, 0) is 30.1 Å². The van der Waals surface area contributed by atoms with Crippen LogP contribution >= 0.6 is 35.2 Å². The lowest BCUT2D eigenvalue weighted by atomic mass is 10.1. The molecule has 10 heteroatoms. The molecule has 2 aromatic heterocycles. The zero-order valence-corrected chi connectivity index (χ0v) is 16.7. The van der Waals surface area contributed by atoms with Gasteiger partial charge in [-0.1, -0.05) is 11.6 Å². The van der Waals surface area contributed by atoms with Gasteiger partial charge in [-0.15, -0.1) is 11.3 Å². The van der Waals surface area contributed by atoms with Gasteiger partial charge in [0.2, 0.25) is 4.77 Å². The summed E-state index contributed by atoms with van der Waals surface area (Å²) in [7, 11) is 0.996. The fraction of sp³-hybridized carbons (Fsp3) is 0.571. The molecule has 24 heavy (non-hydrogen) atoms. The lowest BCUT2D eigenvalue weighted by molar-refractivity contribution is -0.917. The molecule has 2 aromatic rings. The number of thiophene rings is 1. The van der Waals surface area contributed by atoms with Crippen molar-refractivity contribution in [3.63, 3.8) is 0 Å². The molecule has 0 spiro atoms. The Morgan fingerprint density at radius 3 is 2.83 bits per heavy atom. The van der Waals surface area contributed by atoms with E-state index in [0.717, 1.165) is 16.7 Å². The maximum atomic E-state index is 11.7. The van der Waals surface area contributed by atoms with Crippen molar-refractivity contribution in [2.45, 2.75) is 25.6 Å². The molecular weight excluding hydrogens is 388 g/mol. The van der Waals surface area contributed by atoms with Crippen LogP contribution in [0.2, 0.25) is 4.34 Å². The van der Waals surface area contributed by atoms with E-state index in [0.29, 0.717) is 17.9 Å². The molecule has 0 bridgehead atoms. The van der Waals surface area contributed by atoms with E-state index in [-0.39, 0.29) is 17.4 Å². The number of rotatable bonds is 5. The second-order valence-electron chi connectivity index (χ2n) is 6.30. The van der Waals surface area contributed by atoms with Crippen LogP contribution < -0.4 is 4.90 Å². The molecule has 6 nitrogen and oxygen atoms in total. The fourth-order valence-corrected chi connectivity index (χ4v) is 6.16. The Morgan fingerprint density at radius 1 is 1.50 bits per heavy atom. The van der Waals surface area contributed by atoms with Crippen LogP contribution in [0.25, 0.3) is 0 Å². The molecule has 3 heterocycles. The average Bonchev–Trinajstić information content (AvgIpc) is 3.13. The van der Waals surface area contributed by atoms with Crippen molar-refractivity contribution in [1.29, 1.82) is 0 Å². The van der Waals surface area contributed by atoms with E-state index in [2.05, 4.69) is 12.1 Å². The second kappa shape index (κ2) is 6.87. The Balaban J connectivity index is 1.75. The molecule has 1 aliphatic rings. The molecule has 2 atom stereocenters. The monoisotopic (exact) mass is 407 g/mol. The highest BCUT2D eigenvalue weighted by molar-refractivity contribution is 7.91. The fourth-order valence-electron chi connectivity index (χ4n) is 3.02. The van der Waals surface area contributed by atoms with Crippen LogP contribution in [0.15, 0.2) is 12.1 Å². The number of sulfone groups is 1. The molecule has 0 saturated carbocycles. The van der Waals surface area contributed by atoms with Crippen molar-refractivity contribution in [3.05, 3.63) is 31.9 Å². The predicted molar refractivity (Wildman–Crippen MR) is 98.0 cm³/mol. The van der Waals surface area contributed by atoms with Crippen molar-refractivity contribution >= 4 is 45.0 Å². The van der Waals surface area contributed by atoms with Gasteiger partial charge in [0.05, 0.1) is 27.8 Å². The number of quaternary nitrogens is 1. The quantitative estimate of drug-likeness (QED) is 0.757. The highest BCUT2D eigenvalue weighted by Gasteiger charge is 2.32. The number of hydrogen-bond acceptors (Lipinski definition) is 5. The summed E-state index contributed by atoms with van der Waals surface area (Å²) in [5, 5.41) is 4.61. The zero-order valence-electron chi connectivity index (χ0n) is 13.5.